The fourth-order valence-corrected chi connectivity index (χ4v) is 5.14. The van der Waals surface area contributed by atoms with Crippen LogP contribution in [-0.4, -0.2) is 51.4 Å². The number of sulfonamides is 1. The first-order chi connectivity index (χ1) is 15.4. The van der Waals surface area contributed by atoms with Crippen LogP contribution in [0.25, 0.3) is 11.1 Å². The zero-order valence-corrected chi connectivity index (χ0v) is 18.8. The van der Waals surface area contributed by atoms with Crippen LogP contribution >= 0.6 is 11.6 Å². The van der Waals surface area contributed by atoms with E-state index in [2.05, 4.69) is 0 Å². The van der Waals surface area contributed by atoms with Gasteiger partial charge in [-0.05, 0) is 29.3 Å². The summed E-state index contributed by atoms with van der Waals surface area (Å²) in [6.45, 7) is 1.12. The number of morpholine rings is 1. The summed E-state index contributed by atoms with van der Waals surface area (Å²) in [6, 6.07) is 21.4. The molecule has 1 saturated heterocycles. The second kappa shape index (κ2) is 9.83. The van der Waals surface area contributed by atoms with Crippen molar-refractivity contribution in [3.63, 3.8) is 0 Å². The summed E-state index contributed by atoms with van der Waals surface area (Å²) >= 11 is 6.25. The van der Waals surface area contributed by atoms with Crippen LogP contribution in [0.15, 0.2) is 77.7 Å². The lowest BCUT2D eigenvalue weighted by Gasteiger charge is -2.26. The molecule has 0 aliphatic carbocycles. The van der Waals surface area contributed by atoms with E-state index < -0.39 is 10.0 Å². The first-order valence-electron chi connectivity index (χ1n) is 10.1. The maximum absolute atomic E-state index is 12.7. The number of nitrogens with zero attached hydrogens (tertiary/aromatic N) is 1. The summed E-state index contributed by atoms with van der Waals surface area (Å²) in [7, 11) is -3.66. The second-order valence-corrected chi connectivity index (χ2v) is 9.61. The summed E-state index contributed by atoms with van der Waals surface area (Å²) in [5.74, 6) is 0.0487. The number of carbonyl (C=O) groups is 1. The van der Waals surface area contributed by atoms with Crippen LogP contribution in [0.1, 0.15) is 10.4 Å². The Morgan fingerprint density at radius 1 is 0.938 bits per heavy atom. The van der Waals surface area contributed by atoms with Gasteiger partial charge in [-0.15, -0.1) is 0 Å². The fourth-order valence-electron chi connectivity index (χ4n) is 3.40. The lowest BCUT2D eigenvalue weighted by molar-refractivity contribution is 0.0730. The first kappa shape index (κ1) is 22.5. The van der Waals surface area contributed by atoms with Gasteiger partial charge in [-0.3, -0.25) is 4.79 Å². The van der Waals surface area contributed by atoms with Crippen molar-refractivity contribution in [1.29, 1.82) is 0 Å². The lowest BCUT2D eigenvalue weighted by Crippen LogP contribution is -2.40. The van der Waals surface area contributed by atoms with Gasteiger partial charge in [0.25, 0.3) is 0 Å². The molecule has 6 nitrogen and oxygen atoms in total. The number of rotatable bonds is 7. The number of ketones is 1. The third-order valence-electron chi connectivity index (χ3n) is 5.18. The Bertz CT molecular complexity index is 1190. The number of hydrogen-bond donors (Lipinski definition) is 0. The van der Waals surface area contributed by atoms with Gasteiger partial charge < -0.3 is 9.47 Å². The highest BCUT2D eigenvalue weighted by molar-refractivity contribution is 7.89. The summed E-state index contributed by atoms with van der Waals surface area (Å²) in [5, 5.41) is 0.131. The topological polar surface area (TPSA) is 72.9 Å². The van der Waals surface area contributed by atoms with Crippen LogP contribution in [-0.2, 0) is 14.8 Å². The number of hydrogen-bond acceptors (Lipinski definition) is 5. The molecule has 0 bridgehead atoms. The standard InChI is InChI=1S/C24H22ClNO5S/c25-22-16-21(32(28,29)26-12-14-30-15-13-26)10-11-24(22)31-17-23(27)20-8-6-19(7-9-20)18-4-2-1-3-5-18/h1-11,16H,12-15,17H2. The maximum Gasteiger partial charge on any atom is 0.243 e. The molecule has 0 atom stereocenters. The van der Waals surface area contributed by atoms with E-state index in [-0.39, 0.29) is 28.1 Å². The van der Waals surface area contributed by atoms with Gasteiger partial charge in [0.05, 0.1) is 23.1 Å². The quantitative estimate of drug-likeness (QED) is 0.481. The molecule has 3 aromatic carbocycles. The second-order valence-electron chi connectivity index (χ2n) is 7.26. The van der Waals surface area contributed by atoms with Gasteiger partial charge in [-0.2, -0.15) is 4.31 Å². The Balaban J connectivity index is 1.41. The molecule has 0 spiro atoms. The molecule has 0 radical (unpaired) electrons. The number of halogens is 1. The van der Waals surface area contributed by atoms with Gasteiger partial charge >= 0.3 is 0 Å². The van der Waals surface area contributed by atoms with E-state index in [0.717, 1.165) is 11.1 Å². The molecule has 0 N–H and O–H groups in total. The molecule has 0 aromatic heterocycles. The van der Waals surface area contributed by atoms with Crippen molar-refractivity contribution >= 4 is 27.4 Å². The van der Waals surface area contributed by atoms with Gasteiger partial charge in [0.15, 0.2) is 12.4 Å². The van der Waals surface area contributed by atoms with Gasteiger partial charge in [-0.25, -0.2) is 8.42 Å². The number of ether oxygens (including phenoxy) is 2. The summed E-state index contributed by atoms with van der Waals surface area (Å²) in [4.78, 5) is 12.6. The predicted octanol–water partition coefficient (Wildman–Crippen LogP) is 4.29. The SMILES string of the molecule is O=C(COc1ccc(S(=O)(=O)N2CCOCC2)cc1Cl)c1ccc(-c2ccccc2)cc1. The molecule has 0 amide bonds. The minimum Gasteiger partial charge on any atom is -0.484 e. The van der Waals surface area contributed by atoms with Crippen molar-refractivity contribution in [3.05, 3.63) is 83.4 Å². The molecule has 4 rings (SSSR count). The Kier molecular flexibility index (Phi) is 6.91. The molecule has 0 unspecified atom stereocenters. The molecule has 166 valence electrons. The van der Waals surface area contributed by atoms with Crippen molar-refractivity contribution in [2.75, 3.05) is 32.9 Å². The number of Topliss-reactive ketones (excluding diaryl/α,β-unsaturated/α-hetero) is 1. The normalized spacial score (nSPS) is 14.8. The summed E-state index contributed by atoms with van der Waals surface area (Å²) < 4.78 is 37.6. The van der Waals surface area contributed by atoms with Gasteiger partial charge in [0.2, 0.25) is 10.0 Å². The molecule has 1 heterocycles. The minimum absolute atomic E-state index is 0.0829. The maximum atomic E-state index is 12.7. The van der Waals surface area contributed by atoms with Crippen molar-refractivity contribution in [2.45, 2.75) is 4.90 Å². The average Bonchev–Trinajstić information content (AvgIpc) is 2.84. The van der Waals surface area contributed by atoms with Crippen LogP contribution in [0.4, 0.5) is 0 Å². The highest BCUT2D eigenvalue weighted by atomic mass is 35.5. The molecule has 1 fully saturated rings. The van der Waals surface area contributed by atoms with Crippen molar-refractivity contribution < 1.29 is 22.7 Å². The molecule has 3 aromatic rings. The predicted molar refractivity (Wildman–Crippen MR) is 123 cm³/mol. The average molecular weight is 472 g/mol. The molecule has 32 heavy (non-hydrogen) atoms. The Labute approximate surface area is 192 Å². The Morgan fingerprint density at radius 2 is 1.59 bits per heavy atom. The van der Waals surface area contributed by atoms with E-state index >= 15 is 0 Å². The highest BCUT2D eigenvalue weighted by Crippen LogP contribution is 2.29. The van der Waals surface area contributed by atoms with Crippen LogP contribution in [0.3, 0.4) is 0 Å². The van der Waals surface area contributed by atoms with Crippen LogP contribution in [0.2, 0.25) is 5.02 Å². The zero-order valence-electron chi connectivity index (χ0n) is 17.2. The zero-order chi connectivity index (χ0) is 22.6. The van der Waals surface area contributed by atoms with E-state index in [1.54, 1.807) is 12.1 Å². The number of benzene rings is 3. The molecule has 0 saturated carbocycles. The number of carbonyl (C=O) groups excluding carboxylic acids is 1. The van der Waals surface area contributed by atoms with Crippen molar-refractivity contribution in [1.82, 2.24) is 4.31 Å². The third-order valence-corrected chi connectivity index (χ3v) is 7.37. The Morgan fingerprint density at radius 3 is 2.25 bits per heavy atom. The fraction of sp³-hybridized carbons (Fsp3) is 0.208. The van der Waals surface area contributed by atoms with Crippen LogP contribution in [0.5, 0.6) is 5.75 Å². The Hall–Kier alpha value is -2.71. The minimum atomic E-state index is -3.66. The molecular formula is C24H22ClNO5S. The van der Waals surface area contributed by atoms with Crippen molar-refractivity contribution in [3.8, 4) is 16.9 Å². The van der Waals surface area contributed by atoms with E-state index in [4.69, 9.17) is 21.1 Å². The van der Waals surface area contributed by atoms with E-state index in [0.29, 0.717) is 31.9 Å². The third kappa shape index (κ3) is 5.02. The highest BCUT2D eigenvalue weighted by Gasteiger charge is 2.27. The monoisotopic (exact) mass is 471 g/mol. The van der Waals surface area contributed by atoms with Crippen LogP contribution < -0.4 is 4.74 Å². The first-order valence-corrected chi connectivity index (χ1v) is 12.0. The van der Waals surface area contributed by atoms with Crippen LogP contribution in [0, 0.1) is 0 Å². The molecule has 8 heteroatoms. The smallest absolute Gasteiger partial charge is 0.243 e. The molecular weight excluding hydrogens is 450 g/mol. The summed E-state index contributed by atoms with van der Waals surface area (Å²) in [5.41, 5.74) is 2.61. The van der Waals surface area contributed by atoms with E-state index in [1.807, 2.05) is 42.5 Å². The van der Waals surface area contributed by atoms with Crippen molar-refractivity contribution in [2.24, 2.45) is 0 Å². The summed E-state index contributed by atoms with van der Waals surface area (Å²) in [6.07, 6.45) is 0. The van der Waals surface area contributed by atoms with E-state index in [1.165, 1.54) is 22.5 Å². The molecule has 1 aliphatic heterocycles. The van der Waals surface area contributed by atoms with Gasteiger partial charge in [0.1, 0.15) is 5.75 Å². The lowest BCUT2D eigenvalue weighted by atomic mass is 10.0. The van der Waals surface area contributed by atoms with Gasteiger partial charge in [-0.1, -0.05) is 66.2 Å². The largest absolute Gasteiger partial charge is 0.484 e. The molecule has 1 aliphatic rings. The van der Waals surface area contributed by atoms with Gasteiger partial charge in [0, 0.05) is 18.7 Å². The van der Waals surface area contributed by atoms with E-state index in [9.17, 15) is 13.2 Å².